The van der Waals surface area contributed by atoms with Gasteiger partial charge >= 0.3 is 6.09 Å². The van der Waals surface area contributed by atoms with Crippen molar-refractivity contribution in [2.75, 3.05) is 20.1 Å². The molecule has 1 aromatic carbocycles. The van der Waals surface area contributed by atoms with Crippen LogP contribution in [0.15, 0.2) is 23.1 Å². The Kier molecular flexibility index (Phi) is 5.97. The fourth-order valence-electron chi connectivity index (χ4n) is 2.84. The smallest absolute Gasteiger partial charge is 0.410 e. The van der Waals surface area contributed by atoms with E-state index in [2.05, 4.69) is 0 Å². The number of likely N-dealkylation sites (tertiary alicyclic amines) is 1. The zero-order chi connectivity index (χ0) is 19.7. The van der Waals surface area contributed by atoms with Gasteiger partial charge in [0.15, 0.2) is 0 Å². The van der Waals surface area contributed by atoms with E-state index in [1.54, 1.807) is 32.6 Å². The van der Waals surface area contributed by atoms with Gasteiger partial charge in [-0.25, -0.2) is 17.6 Å². The van der Waals surface area contributed by atoms with E-state index in [0.717, 1.165) is 6.07 Å². The van der Waals surface area contributed by atoms with Crippen LogP contribution in [0.3, 0.4) is 0 Å². The van der Waals surface area contributed by atoms with Crippen molar-refractivity contribution in [1.29, 1.82) is 0 Å². The normalized spacial score (nSPS) is 16.8. The van der Waals surface area contributed by atoms with Gasteiger partial charge in [-0.15, -0.1) is 0 Å². The molecule has 26 heavy (non-hydrogen) atoms. The molecule has 6 nitrogen and oxygen atoms in total. The minimum Gasteiger partial charge on any atom is -0.444 e. The van der Waals surface area contributed by atoms with E-state index in [9.17, 15) is 17.6 Å². The highest BCUT2D eigenvalue weighted by molar-refractivity contribution is 7.89. The molecule has 1 aliphatic heterocycles. The summed E-state index contributed by atoms with van der Waals surface area (Å²) in [6.45, 7) is 7.83. The summed E-state index contributed by atoms with van der Waals surface area (Å²) >= 11 is 0. The number of sulfonamides is 1. The number of aryl methyl sites for hydroxylation is 1. The quantitative estimate of drug-likeness (QED) is 0.800. The highest BCUT2D eigenvalue weighted by atomic mass is 32.2. The van der Waals surface area contributed by atoms with Crippen LogP contribution >= 0.6 is 0 Å². The molecular weight excluding hydrogens is 359 g/mol. The van der Waals surface area contributed by atoms with Gasteiger partial charge < -0.3 is 9.64 Å². The van der Waals surface area contributed by atoms with Gasteiger partial charge in [-0.05, 0) is 58.2 Å². The Hall–Kier alpha value is -1.67. The lowest BCUT2D eigenvalue weighted by Crippen LogP contribution is -2.48. The van der Waals surface area contributed by atoms with Gasteiger partial charge in [0.25, 0.3) is 0 Å². The van der Waals surface area contributed by atoms with Gasteiger partial charge in [-0.2, -0.15) is 4.31 Å². The third-order valence-electron chi connectivity index (χ3n) is 4.45. The van der Waals surface area contributed by atoms with Crippen LogP contribution in [-0.2, 0) is 14.8 Å². The molecule has 0 radical (unpaired) electrons. The van der Waals surface area contributed by atoms with Crippen LogP contribution < -0.4 is 0 Å². The summed E-state index contributed by atoms with van der Waals surface area (Å²) in [7, 11) is -2.28. The van der Waals surface area contributed by atoms with Crippen LogP contribution in [-0.4, -0.2) is 55.5 Å². The maximum Gasteiger partial charge on any atom is 0.410 e. The summed E-state index contributed by atoms with van der Waals surface area (Å²) in [6.07, 6.45) is 0.620. The highest BCUT2D eigenvalue weighted by Gasteiger charge is 2.33. The molecular formula is C18H27FN2O4S. The van der Waals surface area contributed by atoms with Crippen molar-refractivity contribution in [3.8, 4) is 0 Å². The minimum atomic E-state index is -3.79. The number of piperidine rings is 1. The van der Waals surface area contributed by atoms with E-state index in [1.165, 1.54) is 23.5 Å². The third kappa shape index (κ3) is 4.73. The lowest BCUT2D eigenvalue weighted by molar-refractivity contribution is 0.0183. The van der Waals surface area contributed by atoms with Gasteiger partial charge in [-0.3, -0.25) is 0 Å². The second-order valence-corrected chi connectivity index (χ2v) is 9.63. The topological polar surface area (TPSA) is 66.9 Å². The number of carbonyl (C=O) groups is 1. The average Bonchev–Trinajstić information content (AvgIpc) is 2.55. The Bertz CT molecular complexity index is 766. The Morgan fingerprint density at radius 2 is 1.85 bits per heavy atom. The predicted octanol–water partition coefficient (Wildman–Crippen LogP) is 3.15. The van der Waals surface area contributed by atoms with Crippen LogP contribution in [0, 0.1) is 12.7 Å². The second-order valence-electron chi connectivity index (χ2n) is 7.63. The molecule has 8 heteroatoms. The van der Waals surface area contributed by atoms with Crippen LogP contribution in [0.1, 0.15) is 39.2 Å². The van der Waals surface area contributed by atoms with Gasteiger partial charge in [0, 0.05) is 26.2 Å². The Balaban J connectivity index is 2.04. The molecule has 1 fully saturated rings. The number of carbonyl (C=O) groups excluding carboxylic acids is 1. The number of nitrogens with zero attached hydrogens (tertiary/aromatic N) is 2. The molecule has 1 aliphatic rings. The molecule has 0 aromatic heterocycles. The summed E-state index contributed by atoms with van der Waals surface area (Å²) in [5.74, 6) is -0.542. The Morgan fingerprint density at radius 1 is 1.27 bits per heavy atom. The van der Waals surface area contributed by atoms with E-state index in [1.807, 2.05) is 0 Å². The summed E-state index contributed by atoms with van der Waals surface area (Å²) in [6, 6.07) is 3.68. The first kappa shape index (κ1) is 20.6. The first-order chi connectivity index (χ1) is 11.9. The average molecular weight is 386 g/mol. The molecule has 2 rings (SSSR count). The van der Waals surface area contributed by atoms with E-state index in [-0.39, 0.29) is 17.0 Å². The molecule has 0 saturated carbocycles. The maximum atomic E-state index is 13.7. The van der Waals surface area contributed by atoms with Gasteiger partial charge in [-0.1, -0.05) is 6.07 Å². The van der Waals surface area contributed by atoms with Gasteiger partial charge in [0.05, 0.1) is 4.90 Å². The van der Waals surface area contributed by atoms with Crippen molar-refractivity contribution in [3.05, 3.63) is 29.6 Å². The molecule has 0 N–H and O–H groups in total. The van der Waals surface area contributed by atoms with E-state index in [4.69, 9.17) is 4.74 Å². The van der Waals surface area contributed by atoms with E-state index in [0.29, 0.717) is 31.5 Å². The highest BCUT2D eigenvalue weighted by Crippen LogP contribution is 2.24. The zero-order valence-electron chi connectivity index (χ0n) is 16.0. The van der Waals surface area contributed by atoms with Crippen LogP contribution in [0.2, 0.25) is 0 Å². The summed E-state index contributed by atoms with van der Waals surface area (Å²) < 4.78 is 45.9. The number of ether oxygens (including phenoxy) is 1. The molecule has 1 heterocycles. The maximum absolute atomic E-state index is 13.7. The fraction of sp³-hybridized carbons (Fsp3) is 0.611. The lowest BCUT2D eigenvalue weighted by Gasteiger charge is -2.36. The Labute approximate surface area is 155 Å². The van der Waals surface area contributed by atoms with Crippen molar-refractivity contribution in [3.63, 3.8) is 0 Å². The van der Waals surface area contributed by atoms with Crippen LogP contribution in [0.25, 0.3) is 0 Å². The molecule has 1 aromatic rings. The van der Waals surface area contributed by atoms with Gasteiger partial charge in [0.2, 0.25) is 10.0 Å². The predicted molar refractivity (Wildman–Crippen MR) is 96.9 cm³/mol. The molecule has 0 spiro atoms. The molecule has 0 unspecified atom stereocenters. The molecule has 0 bridgehead atoms. The largest absolute Gasteiger partial charge is 0.444 e. The molecule has 0 aliphatic carbocycles. The van der Waals surface area contributed by atoms with Crippen LogP contribution in [0.4, 0.5) is 9.18 Å². The molecule has 0 atom stereocenters. The van der Waals surface area contributed by atoms with Crippen molar-refractivity contribution >= 4 is 16.1 Å². The number of hydrogen-bond donors (Lipinski definition) is 0. The summed E-state index contributed by atoms with van der Waals surface area (Å²) in [5, 5.41) is 0. The molecule has 1 amide bonds. The number of benzene rings is 1. The second kappa shape index (κ2) is 7.52. The van der Waals surface area contributed by atoms with Gasteiger partial charge in [0.1, 0.15) is 11.4 Å². The SMILES string of the molecule is Cc1ccc(S(=O)(=O)N(C)C2CCN(C(=O)OC(C)(C)C)CC2)cc1F. The monoisotopic (exact) mass is 386 g/mol. The first-order valence-electron chi connectivity index (χ1n) is 8.64. The van der Waals surface area contributed by atoms with Crippen molar-refractivity contribution in [2.45, 2.75) is 57.1 Å². The van der Waals surface area contributed by atoms with E-state index < -0.39 is 21.4 Å². The number of halogens is 1. The van der Waals surface area contributed by atoms with Crippen LogP contribution in [0.5, 0.6) is 0 Å². The summed E-state index contributed by atoms with van der Waals surface area (Å²) in [5.41, 5.74) is -0.166. The standard InChI is InChI=1S/C18H27FN2O4S/c1-13-6-7-15(12-16(13)19)26(23,24)20(5)14-8-10-21(11-9-14)17(22)25-18(2,3)4/h6-7,12,14H,8-11H2,1-5H3. The summed E-state index contributed by atoms with van der Waals surface area (Å²) in [4.78, 5) is 13.6. The Morgan fingerprint density at radius 3 is 2.35 bits per heavy atom. The number of rotatable bonds is 3. The number of amides is 1. The molecule has 1 saturated heterocycles. The zero-order valence-corrected chi connectivity index (χ0v) is 16.8. The fourth-order valence-corrected chi connectivity index (χ4v) is 4.26. The molecule has 146 valence electrons. The third-order valence-corrected chi connectivity index (χ3v) is 6.36. The van der Waals surface area contributed by atoms with Crippen molar-refractivity contribution in [1.82, 2.24) is 9.21 Å². The van der Waals surface area contributed by atoms with Crippen molar-refractivity contribution < 1.29 is 22.3 Å². The number of hydrogen-bond acceptors (Lipinski definition) is 4. The first-order valence-corrected chi connectivity index (χ1v) is 10.1. The van der Waals surface area contributed by atoms with Crippen molar-refractivity contribution in [2.24, 2.45) is 0 Å². The lowest BCUT2D eigenvalue weighted by atomic mass is 10.1. The van der Waals surface area contributed by atoms with E-state index >= 15 is 0 Å². The minimum absolute atomic E-state index is 0.0577.